The molecule has 1 fully saturated rings. The van der Waals surface area contributed by atoms with E-state index in [4.69, 9.17) is 5.73 Å². The molecule has 1 aliphatic rings. The van der Waals surface area contributed by atoms with Gasteiger partial charge in [0, 0.05) is 29.5 Å². The number of amides is 1. The van der Waals surface area contributed by atoms with Crippen molar-refractivity contribution >= 4 is 28.1 Å². The number of aromatic nitrogens is 2. The fourth-order valence-electron chi connectivity index (χ4n) is 3.11. The molecule has 2 heterocycles. The molecule has 1 saturated carbocycles. The highest BCUT2D eigenvalue weighted by Crippen LogP contribution is 2.41. The maximum absolute atomic E-state index is 14.7. The summed E-state index contributed by atoms with van der Waals surface area (Å²) in [5.74, 6) is -1.10. The van der Waals surface area contributed by atoms with Crippen LogP contribution >= 0.6 is 11.3 Å². The number of benzene rings is 1. The van der Waals surface area contributed by atoms with Gasteiger partial charge >= 0.3 is 0 Å². The Hall–Kier alpha value is -2.91. The lowest BCUT2D eigenvalue weighted by molar-refractivity contribution is 0.100. The fourth-order valence-corrected chi connectivity index (χ4v) is 4.22. The molecule has 1 aromatic carbocycles. The van der Waals surface area contributed by atoms with Gasteiger partial charge in [0.05, 0.1) is 11.1 Å². The largest absolute Gasteiger partial charge is 0.396 e. The zero-order valence-corrected chi connectivity index (χ0v) is 17.0. The van der Waals surface area contributed by atoms with Crippen molar-refractivity contribution in [2.45, 2.75) is 31.6 Å². The third kappa shape index (κ3) is 4.03. The number of hydrogen-bond acceptors (Lipinski definition) is 6. The van der Waals surface area contributed by atoms with Crippen molar-refractivity contribution in [3.05, 3.63) is 59.0 Å². The van der Waals surface area contributed by atoms with E-state index in [9.17, 15) is 18.7 Å². The summed E-state index contributed by atoms with van der Waals surface area (Å²) in [6, 6.07) is 5.42. The second-order valence-electron chi connectivity index (χ2n) is 7.36. The van der Waals surface area contributed by atoms with Crippen LogP contribution in [0.2, 0.25) is 0 Å². The first kappa shape index (κ1) is 20.4. The molecule has 1 aliphatic carbocycles. The van der Waals surface area contributed by atoms with Crippen LogP contribution in [-0.4, -0.2) is 27.6 Å². The molecule has 0 radical (unpaired) electrons. The van der Waals surface area contributed by atoms with Gasteiger partial charge < -0.3 is 16.2 Å². The van der Waals surface area contributed by atoms with Crippen molar-refractivity contribution in [2.24, 2.45) is 5.73 Å². The van der Waals surface area contributed by atoms with Crippen LogP contribution in [-0.2, 0) is 0 Å². The summed E-state index contributed by atoms with van der Waals surface area (Å²) in [6.07, 6.45) is 3.72. The van der Waals surface area contributed by atoms with E-state index in [1.165, 1.54) is 18.2 Å². The smallest absolute Gasteiger partial charge is 0.251 e. The van der Waals surface area contributed by atoms with E-state index in [-0.39, 0.29) is 22.6 Å². The zero-order valence-electron chi connectivity index (χ0n) is 16.2. The third-order valence-corrected chi connectivity index (χ3v) is 6.08. The predicted molar refractivity (Wildman–Crippen MR) is 111 cm³/mol. The highest BCUT2D eigenvalue weighted by atomic mass is 32.1. The summed E-state index contributed by atoms with van der Waals surface area (Å²) in [7, 11) is 0. The molecule has 0 aliphatic heterocycles. The van der Waals surface area contributed by atoms with Crippen molar-refractivity contribution < 1.29 is 18.7 Å². The summed E-state index contributed by atoms with van der Waals surface area (Å²) in [4.78, 5) is 20.9. The molecule has 0 bridgehead atoms. The zero-order chi connectivity index (χ0) is 21.4. The van der Waals surface area contributed by atoms with E-state index in [1.807, 2.05) is 0 Å². The Morgan fingerprint density at radius 2 is 2.03 bits per heavy atom. The summed E-state index contributed by atoms with van der Waals surface area (Å²) in [5.41, 5.74) is 5.72. The van der Waals surface area contributed by atoms with Crippen LogP contribution in [0.3, 0.4) is 0 Å². The molecule has 4 rings (SSSR count). The molecular weight excluding hydrogens is 410 g/mol. The lowest BCUT2D eigenvalue weighted by Crippen LogP contribution is -2.11. The molecule has 6 nitrogen and oxygen atoms in total. The van der Waals surface area contributed by atoms with Crippen LogP contribution in [0.15, 0.2) is 30.5 Å². The van der Waals surface area contributed by atoms with Gasteiger partial charge in [-0.05, 0) is 42.7 Å². The maximum Gasteiger partial charge on any atom is 0.251 e. The van der Waals surface area contributed by atoms with Gasteiger partial charge in [-0.3, -0.25) is 4.79 Å². The molecule has 9 heteroatoms. The lowest BCUT2D eigenvalue weighted by atomic mass is 9.99. The minimum Gasteiger partial charge on any atom is -0.396 e. The second kappa shape index (κ2) is 8.08. The van der Waals surface area contributed by atoms with E-state index in [0.29, 0.717) is 22.3 Å². The van der Waals surface area contributed by atoms with Crippen molar-refractivity contribution in [2.75, 3.05) is 11.9 Å². The van der Waals surface area contributed by atoms with Crippen molar-refractivity contribution in [1.82, 2.24) is 9.97 Å². The van der Waals surface area contributed by atoms with E-state index >= 15 is 0 Å². The SMILES string of the molecule is CC(CO)c1cc(F)c(-c2cc(C(N)=O)c(Nc3ccnc(C4CC4)n3)s2)c(F)c1. The number of rotatable bonds is 7. The van der Waals surface area contributed by atoms with Gasteiger partial charge in [0.2, 0.25) is 0 Å². The molecular formula is C21H20F2N4O2S. The van der Waals surface area contributed by atoms with Crippen LogP contribution in [0.1, 0.15) is 53.3 Å². The normalized spacial score (nSPS) is 14.5. The molecule has 2 aromatic heterocycles. The lowest BCUT2D eigenvalue weighted by Gasteiger charge is -2.11. The van der Waals surface area contributed by atoms with Gasteiger partial charge in [0.25, 0.3) is 5.91 Å². The second-order valence-corrected chi connectivity index (χ2v) is 8.41. The Balaban J connectivity index is 1.71. The van der Waals surface area contributed by atoms with Gasteiger partial charge in [0.15, 0.2) is 0 Å². The first-order valence-electron chi connectivity index (χ1n) is 9.51. The number of anilines is 2. The van der Waals surface area contributed by atoms with Crippen molar-refractivity contribution in [3.8, 4) is 10.4 Å². The van der Waals surface area contributed by atoms with Crippen molar-refractivity contribution in [1.29, 1.82) is 0 Å². The summed E-state index contributed by atoms with van der Waals surface area (Å²) in [5, 5.41) is 12.6. The van der Waals surface area contributed by atoms with Crippen LogP contribution in [0.25, 0.3) is 10.4 Å². The highest BCUT2D eigenvalue weighted by Gasteiger charge is 2.27. The summed E-state index contributed by atoms with van der Waals surface area (Å²) in [6.45, 7) is 1.45. The van der Waals surface area contributed by atoms with Gasteiger partial charge in [-0.25, -0.2) is 18.7 Å². The average molecular weight is 430 g/mol. The topological polar surface area (TPSA) is 101 Å². The number of nitrogens with zero attached hydrogens (tertiary/aromatic N) is 2. The predicted octanol–water partition coefficient (Wildman–Crippen LogP) is 4.30. The molecule has 156 valence electrons. The number of carbonyl (C=O) groups is 1. The first-order valence-corrected chi connectivity index (χ1v) is 10.3. The maximum atomic E-state index is 14.7. The summed E-state index contributed by atoms with van der Waals surface area (Å²) >= 11 is 1.01. The van der Waals surface area contributed by atoms with Gasteiger partial charge in [-0.15, -0.1) is 11.3 Å². The Bertz CT molecular complexity index is 1090. The Labute approximate surface area is 175 Å². The standard InChI is InChI=1S/C21H20F2N4O2S/c1-10(9-28)12-6-14(22)18(15(23)7-12)16-8-13(19(24)29)21(30-16)27-17-4-5-25-20(26-17)11-2-3-11/h4-8,10-11,28H,2-3,9H2,1H3,(H2,24,29)(H,25,26,27). The van der Waals surface area contributed by atoms with Crippen LogP contribution in [0, 0.1) is 11.6 Å². The number of thiophene rings is 1. The molecule has 1 atom stereocenters. The number of nitrogens with two attached hydrogens (primary N) is 1. The molecule has 1 amide bonds. The number of nitrogens with one attached hydrogen (secondary N) is 1. The molecule has 30 heavy (non-hydrogen) atoms. The minimum atomic E-state index is -0.771. The van der Waals surface area contributed by atoms with E-state index < -0.39 is 23.5 Å². The minimum absolute atomic E-state index is 0.119. The Morgan fingerprint density at radius 1 is 1.33 bits per heavy atom. The molecule has 4 N–H and O–H groups in total. The number of aliphatic hydroxyl groups is 1. The van der Waals surface area contributed by atoms with E-state index in [0.717, 1.165) is 30.0 Å². The fraction of sp³-hybridized carbons (Fsp3) is 0.286. The van der Waals surface area contributed by atoms with E-state index in [2.05, 4.69) is 15.3 Å². The number of aliphatic hydroxyl groups excluding tert-OH is 1. The number of halogens is 2. The van der Waals surface area contributed by atoms with Crippen LogP contribution in [0.4, 0.5) is 19.6 Å². The first-order chi connectivity index (χ1) is 14.4. The highest BCUT2D eigenvalue weighted by molar-refractivity contribution is 7.20. The number of primary amides is 1. The average Bonchev–Trinajstić information content (AvgIpc) is 3.48. The van der Waals surface area contributed by atoms with E-state index in [1.54, 1.807) is 19.2 Å². The van der Waals surface area contributed by atoms with Crippen LogP contribution in [0.5, 0.6) is 0 Å². The Kier molecular flexibility index (Phi) is 5.48. The number of carbonyl (C=O) groups excluding carboxylic acids is 1. The number of hydrogen-bond donors (Lipinski definition) is 3. The van der Waals surface area contributed by atoms with Crippen molar-refractivity contribution in [3.63, 3.8) is 0 Å². The molecule has 3 aromatic rings. The Morgan fingerprint density at radius 3 is 2.63 bits per heavy atom. The quantitative estimate of drug-likeness (QED) is 0.519. The monoisotopic (exact) mass is 430 g/mol. The molecule has 1 unspecified atom stereocenters. The van der Waals surface area contributed by atoms with Gasteiger partial charge in [0.1, 0.15) is 28.3 Å². The third-order valence-electron chi connectivity index (χ3n) is 5.01. The summed E-state index contributed by atoms with van der Waals surface area (Å²) < 4.78 is 29.5. The molecule has 0 spiro atoms. The van der Waals surface area contributed by atoms with Gasteiger partial charge in [-0.1, -0.05) is 6.92 Å². The molecule has 0 saturated heterocycles. The van der Waals surface area contributed by atoms with Gasteiger partial charge in [-0.2, -0.15) is 0 Å². The van der Waals surface area contributed by atoms with Crippen LogP contribution < -0.4 is 11.1 Å².